The van der Waals surface area contributed by atoms with Crippen molar-refractivity contribution in [2.75, 3.05) is 5.32 Å². The Balaban J connectivity index is 1.87. The number of hydrogen-bond acceptors (Lipinski definition) is 6. The van der Waals surface area contributed by atoms with Crippen LogP contribution in [0.15, 0.2) is 46.6 Å². The van der Waals surface area contributed by atoms with E-state index in [1.165, 1.54) is 0 Å². The van der Waals surface area contributed by atoms with E-state index in [-0.39, 0.29) is 0 Å². The Hall–Kier alpha value is -2.46. The summed E-state index contributed by atoms with van der Waals surface area (Å²) in [5.41, 5.74) is 4.30. The summed E-state index contributed by atoms with van der Waals surface area (Å²) in [5.74, 6) is 0. The van der Waals surface area contributed by atoms with Gasteiger partial charge in [-0.1, -0.05) is 30.7 Å². The van der Waals surface area contributed by atoms with Gasteiger partial charge in [-0.05, 0) is 71.7 Å². The molecule has 152 valence electrons. The molecule has 1 aliphatic rings. The molecule has 0 bridgehead atoms. The number of benzene rings is 2. The lowest BCUT2D eigenvalue weighted by Crippen LogP contribution is -2.41. The summed E-state index contributed by atoms with van der Waals surface area (Å²) in [4.78, 5) is 0. The molecular formula is C22H19ClIN5O. The zero-order valence-corrected chi connectivity index (χ0v) is 19.1. The molecule has 2 aromatic carbocycles. The van der Waals surface area contributed by atoms with E-state index in [4.69, 9.17) is 22.1 Å². The fourth-order valence-electron chi connectivity index (χ4n) is 3.18. The van der Waals surface area contributed by atoms with Gasteiger partial charge in [0, 0.05) is 5.69 Å². The third-order valence-corrected chi connectivity index (χ3v) is 6.77. The molecular weight excluding hydrogens is 513 g/mol. The molecule has 3 rings (SSSR count). The van der Waals surface area contributed by atoms with E-state index in [1.807, 2.05) is 19.1 Å². The first-order chi connectivity index (χ1) is 14.5. The Labute approximate surface area is 194 Å². The Morgan fingerprint density at radius 1 is 1.13 bits per heavy atom. The van der Waals surface area contributed by atoms with Gasteiger partial charge in [-0.2, -0.15) is 20.7 Å². The third-order valence-electron chi connectivity index (χ3n) is 4.94. The molecule has 30 heavy (non-hydrogen) atoms. The van der Waals surface area contributed by atoms with Gasteiger partial charge in [0.15, 0.2) is 0 Å². The molecule has 6 nitrogen and oxygen atoms in total. The molecule has 0 spiro atoms. The minimum atomic E-state index is -0.652. The molecule has 2 atom stereocenters. The van der Waals surface area contributed by atoms with Crippen LogP contribution >= 0.6 is 34.2 Å². The average Bonchev–Trinajstić information content (AvgIpc) is 2.80. The normalized spacial score (nSPS) is 15.3. The van der Waals surface area contributed by atoms with E-state index in [0.29, 0.717) is 35.4 Å². The van der Waals surface area contributed by atoms with E-state index in [1.54, 1.807) is 24.3 Å². The van der Waals surface area contributed by atoms with Gasteiger partial charge in [-0.15, -0.1) is 0 Å². The topological polar surface area (TPSA) is 105 Å². The lowest BCUT2D eigenvalue weighted by molar-refractivity contribution is 0.167. The number of nitriles is 2. The summed E-state index contributed by atoms with van der Waals surface area (Å²) < 4.78 is 0.722. The molecule has 0 saturated heterocycles. The summed E-state index contributed by atoms with van der Waals surface area (Å²) in [6.07, 6.45) is 1.22. The zero-order chi connectivity index (χ0) is 21.7. The maximum absolute atomic E-state index is 10.6. The third kappa shape index (κ3) is 4.81. The second kappa shape index (κ2) is 10.0. The highest BCUT2D eigenvalue weighted by Gasteiger charge is 2.27. The smallest absolute Gasteiger partial charge is 0.101 e. The van der Waals surface area contributed by atoms with Crippen molar-refractivity contribution in [2.45, 2.75) is 38.3 Å². The number of rotatable bonds is 6. The SMILES string of the molecule is CC[C@@H](O)[C@@H](Nc1ccc(C#N)c(Cl)c1I)C1=NN=C(c2ccc(C#N)cc2)CC1. The van der Waals surface area contributed by atoms with Gasteiger partial charge in [0.2, 0.25) is 0 Å². The number of aliphatic hydroxyl groups is 1. The Morgan fingerprint density at radius 3 is 2.43 bits per heavy atom. The molecule has 2 N–H and O–H groups in total. The van der Waals surface area contributed by atoms with E-state index in [2.05, 4.69) is 50.2 Å². The highest BCUT2D eigenvalue weighted by atomic mass is 127. The minimum Gasteiger partial charge on any atom is -0.391 e. The van der Waals surface area contributed by atoms with Crippen molar-refractivity contribution in [1.82, 2.24) is 0 Å². The number of halogens is 2. The predicted molar refractivity (Wildman–Crippen MR) is 127 cm³/mol. The molecule has 0 fully saturated rings. The number of aliphatic hydroxyl groups excluding tert-OH is 1. The molecule has 1 aliphatic heterocycles. The molecule has 0 saturated carbocycles. The summed E-state index contributed by atoms with van der Waals surface area (Å²) in [7, 11) is 0. The van der Waals surface area contributed by atoms with Crippen LogP contribution in [0.2, 0.25) is 5.02 Å². The first-order valence-corrected chi connectivity index (χ1v) is 10.9. The molecule has 8 heteroatoms. The van der Waals surface area contributed by atoms with Gasteiger partial charge in [0.05, 0.1) is 49.4 Å². The van der Waals surface area contributed by atoms with Crippen LogP contribution in [0.3, 0.4) is 0 Å². The molecule has 0 radical (unpaired) electrons. The number of anilines is 1. The summed E-state index contributed by atoms with van der Waals surface area (Å²) in [6, 6.07) is 14.5. The van der Waals surface area contributed by atoms with Crippen LogP contribution in [0, 0.1) is 26.2 Å². The van der Waals surface area contributed by atoms with Gasteiger partial charge < -0.3 is 10.4 Å². The van der Waals surface area contributed by atoms with Crippen LogP contribution in [-0.2, 0) is 0 Å². The molecule has 0 aliphatic carbocycles. The number of nitrogens with zero attached hydrogens (tertiary/aromatic N) is 4. The maximum Gasteiger partial charge on any atom is 0.101 e. The fraction of sp³-hybridized carbons (Fsp3) is 0.273. The number of hydrogen-bond donors (Lipinski definition) is 2. The van der Waals surface area contributed by atoms with Crippen LogP contribution in [0.4, 0.5) is 5.69 Å². The lowest BCUT2D eigenvalue weighted by atomic mass is 9.95. The zero-order valence-electron chi connectivity index (χ0n) is 16.2. The summed E-state index contributed by atoms with van der Waals surface area (Å²) in [5, 5.41) is 41.2. The van der Waals surface area contributed by atoms with Crippen molar-refractivity contribution in [3.63, 3.8) is 0 Å². The monoisotopic (exact) mass is 531 g/mol. The molecule has 1 heterocycles. The van der Waals surface area contributed by atoms with Gasteiger partial charge in [0.1, 0.15) is 6.07 Å². The van der Waals surface area contributed by atoms with Crippen molar-refractivity contribution in [3.05, 3.63) is 61.7 Å². The molecule has 0 amide bonds. The molecule has 0 unspecified atom stereocenters. The standard InChI is InChI=1S/C22H19ClIN5O/c1-2-19(30)22(27-17-8-7-15(12-26)20(23)21(17)24)18-10-9-16(28-29-18)14-5-3-13(11-25)4-6-14/h3-8,19,22,27,30H,2,9-10H2,1H3/t19-,22+/m1/s1. The minimum absolute atomic E-state index is 0.388. The fourth-order valence-corrected chi connectivity index (χ4v) is 4.01. The Morgan fingerprint density at radius 2 is 1.87 bits per heavy atom. The maximum atomic E-state index is 10.6. The lowest BCUT2D eigenvalue weighted by Gasteiger charge is -2.27. The largest absolute Gasteiger partial charge is 0.391 e. The highest BCUT2D eigenvalue weighted by Crippen LogP contribution is 2.31. The van der Waals surface area contributed by atoms with Crippen molar-refractivity contribution in [2.24, 2.45) is 10.2 Å². The first kappa shape index (κ1) is 22.2. The van der Waals surface area contributed by atoms with Crippen molar-refractivity contribution < 1.29 is 5.11 Å². The van der Waals surface area contributed by atoms with Crippen LogP contribution in [0.5, 0.6) is 0 Å². The highest BCUT2D eigenvalue weighted by molar-refractivity contribution is 14.1. The predicted octanol–water partition coefficient (Wildman–Crippen LogP) is 4.88. The Bertz CT molecular complexity index is 1080. The number of nitrogens with one attached hydrogen (secondary N) is 1. The van der Waals surface area contributed by atoms with E-state index >= 15 is 0 Å². The second-order valence-electron chi connectivity index (χ2n) is 6.83. The average molecular weight is 532 g/mol. The van der Waals surface area contributed by atoms with Gasteiger partial charge in [-0.25, -0.2) is 0 Å². The van der Waals surface area contributed by atoms with Gasteiger partial charge in [0.25, 0.3) is 0 Å². The molecule has 2 aromatic rings. The summed E-state index contributed by atoms with van der Waals surface area (Å²) >= 11 is 8.38. The molecule has 0 aromatic heterocycles. The van der Waals surface area contributed by atoms with E-state index in [9.17, 15) is 5.11 Å². The summed E-state index contributed by atoms with van der Waals surface area (Å²) in [6.45, 7) is 1.91. The van der Waals surface area contributed by atoms with Crippen LogP contribution < -0.4 is 5.32 Å². The van der Waals surface area contributed by atoms with E-state index < -0.39 is 12.1 Å². The van der Waals surface area contributed by atoms with Crippen molar-refractivity contribution in [3.8, 4) is 12.1 Å². The van der Waals surface area contributed by atoms with Crippen LogP contribution in [0.25, 0.3) is 0 Å². The van der Waals surface area contributed by atoms with Crippen LogP contribution in [0.1, 0.15) is 42.9 Å². The van der Waals surface area contributed by atoms with E-state index in [0.717, 1.165) is 26.2 Å². The quantitative estimate of drug-likeness (QED) is 0.519. The van der Waals surface area contributed by atoms with Crippen molar-refractivity contribution in [1.29, 1.82) is 10.5 Å². The second-order valence-corrected chi connectivity index (χ2v) is 8.28. The Kier molecular flexibility index (Phi) is 7.43. The van der Waals surface area contributed by atoms with Gasteiger partial charge >= 0.3 is 0 Å². The van der Waals surface area contributed by atoms with Crippen molar-refractivity contribution >= 4 is 51.3 Å². The first-order valence-electron chi connectivity index (χ1n) is 9.45. The van der Waals surface area contributed by atoms with Crippen LogP contribution in [-0.4, -0.2) is 28.7 Å². The van der Waals surface area contributed by atoms with Gasteiger partial charge in [-0.3, -0.25) is 0 Å².